The average Bonchev–Trinajstić information content (AvgIpc) is 3.05. The predicted octanol–water partition coefficient (Wildman–Crippen LogP) is 3.49. The van der Waals surface area contributed by atoms with Crippen molar-refractivity contribution in [3.8, 4) is 0 Å². The van der Waals surface area contributed by atoms with Crippen molar-refractivity contribution in [1.82, 2.24) is 0 Å². The Morgan fingerprint density at radius 2 is 1.88 bits per heavy atom. The summed E-state index contributed by atoms with van der Waals surface area (Å²) in [5.74, 6) is -0.638. The van der Waals surface area contributed by atoms with Crippen LogP contribution in [0.5, 0.6) is 0 Å². The summed E-state index contributed by atoms with van der Waals surface area (Å²) in [5.41, 5.74) is 5.72. The van der Waals surface area contributed by atoms with Crippen molar-refractivity contribution in [2.45, 2.75) is 32.2 Å². The van der Waals surface area contributed by atoms with Crippen LogP contribution in [0.15, 0.2) is 48.6 Å². The number of hydrogen-bond acceptors (Lipinski definition) is 3. The molecule has 3 nitrogen and oxygen atoms in total. The summed E-state index contributed by atoms with van der Waals surface area (Å²) in [5, 5.41) is 15.2. The molecule has 1 aliphatic heterocycles. The zero-order chi connectivity index (χ0) is 16.8. The second-order valence-corrected chi connectivity index (χ2v) is 6.89. The highest BCUT2D eigenvalue weighted by Gasteiger charge is 2.39. The molecule has 24 heavy (non-hydrogen) atoms. The SMILES string of the molecule is Cc1ccc([C@@H]2Nc3c(C)ccc(C(=O)[O-])c3[C@@H]3C=CC[C@H]32)cc1. The second-order valence-electron chi connectivity index (χ2n) is 6.89. The molecule has 2 aromatic rings. The minimum absolute atomic E-state index is 0.125. The molecule has 0 amide bonds. The maximum atomic E-state index is 11.6. The molecule has 0 radical (unpaired) electrons. The van der Waals surface area contributed by atoms with E-state index in [1.165, 1.54) is 11.1 Å². The third-order valence-corrected chi connectivity index (χ3v) is 5.38. The van der Waals surface area contributed by atoms with Crippen LogP contribution in [-0.4, -0.2) is 5.97 Å². The number of carboxylic acids is 1. The molecule has 0 spiro atoms. The lowest BCUT2D eigenvalue weighted by molar-refractivity contribution is -0.255. The molecule has 0 saturated heterocycles. The topological polar surface area (TPSA) is 52.2 Å². The van der Waals surface area contributed by atoms with E-state index in [2.05, 4.69) is 48.7 Å². The fourth-order valence-electron chi connectivity index (χ4n) is 4.14. The molecule has 2 aliphatic rings. The fraction of sp³-hybridized carbons (Fsp3) is 0.286. The van der Waals surface area contributed by atoms with Gasteiger partial charge in [-0.25, -0.2) is 0 Å². The van der Waals surface area contributed by atoms with Gasteiger partial charge in [0, 0.05) is 17.2 Å². The van der Waals surface area contributed by atoms with Crippen LogP contribution in [-0.2, 0) is 0 Å². The summed E-state index contributed by atoms with van der Waals surface area (Å²) in [6.45, 7) is 4.11. The Morgan fingerprint density at radius 3 is 2.58 bits per heavy atom. The van der Waals surface area contributed by atoms with Gasteiger partial charge in [0.15, 0.2) is 0 Å². The number of allylic oxidation sites excluding steroid dienone is 2. The van der Waals surface area contributed by atoms with Gasteiger partial charge in [0.2, 0.25) is 0 Å². The molecule has 0 saturated carbocycles. The van der Waals surface area contributed by atoms with E-state index in [1.54, 1.807) is 6.07 Å². The standard InChI is InChI=1S/C21H21NO2/c1-12-6-9-14(10-7-12)20-16-5-3-4-15(16)18-17(21(23)24)11-8-13(2)19(18)22-20/h3-4,6-11,15-16,20,22H,5H2,1-2H3,(H,23,24)/p-1/t15-,16-,20+/m1/s1. The normalized spacial score (nSPS) is 24.2. The van der Waals surface area contributed by atoms with E-state index in [-0.39, 0.29) is 12.0 Å². The highest BCUT2D eigenvalue weighted by atomic mass is 16.4. The van der Waals surface area contributed by atoms with Crippen molar-refractivity contribution < 1.29 is 9.90 Å². The van der Waals surface area contributed by atoms with Crippen molar-refractivity contribution in [1.29, 1.82) is 0 Å². The number of benzene rings is 2. The molecule has 3 heteroatoms. The maximum Gasteiger partial charge on any atom is 0.0719 e. The van der Waals surface area contributed by atoms with Gasteiger partial charge >= 0.3 is 0 Å². The summed E-state index contributed by atoms with van der Waals surface area (Å²) in [4.78, 5) is 11.6. The Kier molecular flexibility index (Phi) is 3.45. The first-order chi connectivity index (χ1) is 11.6. The summed E-state index contributed by atoms with van der Waals surface area (Å²) in [6.07, 6.45) is 5.29. The van der Waals surface area contributed by atoms with Crippen molar-refractivity contribution in [3.05, 3.63) is 76.4 Å². The van der Waals surface area contributed by atoms with Gasteiger partial charge in [-0.15, -0.1) is 0 Å². The number of anilines is 1. The van der Waals surface area contributed by atoms with Gasteiger partial charge in [0.05, 0.1) is 12.0 Å². The van der Waals surface area contributed by atoms with Crippen molar-refractivity contribution in [2.75, 3.05) is 5.32 Å². The van der Waals surface area contributed by atoms with Crippen LogP contribution in [0.4, 0.5) is 5.69 Å². The Balaban J connectivity index is 1.86. The van der Waals surface area contributed by atoms with Crippen LogP contribution in [0, 0.1) is 19.8 Å². The fourth-order valence-corrected chi connectivity index (χ4v) is 4.14. The minimum Gasteiger partial charge on any atom is -0.545 e. The largest absolute Gasteiger partial charge is 0.545 e. The van der Waals surface area contributed by atoms with Crippen LogP contribution in [0.3, 0.4) is 0 Å². The maximum absolute atomic E-state index is 11.6. The van der Waals surface area contributed by atoms with Crippen LogP contribution in [0.25, 0.3) is 0 Å². The zero-order valence-corrected chi connectivity index (χ0v) is 13.9. The smallest absolute Gasteiger partial charge is 0.0719 e. The van der Waals surface area contributed by atoms with E-state index in [0.717, 1.165) is 23.2 Å². The molecule has 0 bridgehead atoms. The van der Waals surface area contributed by atoms with E-state index in [1.807, 2.05) is 13.0 Å². The highest BCUT2D eigenvalue weighted by molar-refractivity contribution is 5.91. The summed E-state index contributed by atoms with van der Waals surface area (Å²) in [7, 11) is 0. The molecule has 0 aromatic heterocycles. The second kappa shape index (κ2) is 5.52. The number of carbonyl (C=O) groups excluding carboxylic acids is 1. The van der Waals surface area contributed by atoms with Gasteiger partial charge in [-0.1, -0.05) is 54.1 Å². The molecule has 1 heterocycles. The van der Waals surface area contributed by atoms with E-state index < -0.39 is 5.97 Å². The number of carbonyl (C=O) groups is 1. The first kappa shape index (κ1) is 15.0. The number of aryl methyl sites for hydroxylation is 2. The van der Waals surface area contributed by atoms with Gasteiger partial charge in [-0.05, 0) is 42.9 Å². The van der Waals surface area contributed by atoms with E-state index in [9.17, 15) is 9.90 Å². The Morgan fingerprint density at radius 1 is 1.12 bits per heavy atom. The molecule has 3 atom stereocenters. The number of aromatic carboxylic acids is 1. The third kappa shape index (κ3) is 2.23. The highest BCUT2D eigenvalue weighted by Crippen LogP contribution is 2.51. The molecule has 0 unspecified atom stereocenters. The van der Waals surface area contributed by atoms with Gasteiger partial charge in [0.25, 0.3) is 0 Å². The van der Waals surface area contributed by atoms with Gasteiger partial charge in [-0.2, -0.15) is 0 Å². The Labute approximate surface area is 142 Å². The monoisotopic (exact) mass is 318 g/mol. The zero-order valence-electron chi connectivity index (χ0n) is 13.9. The van der Waals surface area contributed by atoms with Gasteiger partial charge in [0.1, 0.15) is 0 Å². The molecule has 122 valence electrons. The molecule has 0 fully saturated rings. The quantitative estimate of drug-likeness (QED) is 0.862. The molecule has 4 rings (SSSR count). The first-order valence-corrected chi connectivity index (χ1v) is 8.41. The molecule has 2 aromatic carbocycles. The van der Waals surface area contributed by atoms with Crippen molar-refractivity contribution in [2.24, 2.45) is 5.92 Å². The van der Waals surface area contributed by atoms with E-state index >= 15 is 0 Å². The van der Waals surface area contributed by atoms with Crippen LogP contribution in [0.2, 0.25) is 0 Å². The average molecular weight is 318 g/mol. The van der Waals surface area contributed by atoms with Gasteiger partial charge < -0.3 is 15.2 Å². The summed E-state index contributed by atoms with van der Waals surface area (Å²) < 4.78 is 0. The molecular formula is C21H20NO2-. The third-order valence-electron chi connectivity index (χ3n) is 5.38. The molecular weight excluding hydrogens is 298 g/mol. The van der Waals surface area contributed by atoms with Crippen molar-refractivity contribution >= 4 is 11.7 Å². The van der Waals surface area contributed by atoms with E-state index in [4.69, 9.17) is 0 Å². The lowest BCUT2D eigenvalue weighted by Crippen LogP contribution is -2.33. The van der Waals surface area contributed by atoms with Crippen LogP contribution < -0.4 is 10.4 Å². The van der Waals surface area contributed by atoms with Gasteiger partial charge in [-0.3, -0.25) is 0 Å². The minimum atomic E-state index is -1.10. The predicted molar refractivity (Wildman–Crippen MR) is 93.0 cm³/mol. The van der Waals surface area contributed by atoms with Crippen LogP contribution in [0.1, 0.15) is 51.0 Å². The lowest BCUT2D eigenvalue weighted by atomic mass is 9.74. The molecule has 1 aliphatic carbocycles. The number of rotatable bonds is 2. The summed E-state index contributed by atoms with van der Waals surface area (Å²) >= 11 is 0. The number of carboxylic acid groups (broad SMARTS) is 1. The first-order valence-electron chi connectivity index (χ1n) is 8.41. The van der Waals surface area contributed by atoms with E-state index in [0.29, 0.717) is 11.5 Å². The number of hydrogen-bond donors (Lipinski definition) is 1. The number of fused-ring (bicyclic) bond motifs is 3. The Bertz CT molecular complexity index is 836. The lowest BCUT2D eigenvalue weighted by Gasteiger charge is -2.39. The number of nitrogens with one attached hydrogen (secondary N) is 1. The summed E-state index contributed by atoms with van der Waals surface area (Å²) in [6, 6.07) is 12.3. The Hall–Kier alpha value is -2.55. The van der Waals surface area contributed by atoms with Crippen LogP contribution >= 0.6 is 0 Å². The van der Waals surface area contributed by atoms with Crippen molar-refractivity contribution in [3.63, 3.8) is 0 Å². The molecule has 1 N–H and O–H groups in total.